The number of carbonyl (C=O) groups excluding carboxylic acids is 1. The Bertz CT molecular complexity index is 359. The number of nitrogens with zero attached hydrogens (tertiary/aromatic N) is 1. The lowest BCUT2D eigenvalue weighted by molar-refractivity contribution is -0.140. The van der Waals surface area contributed by atoms with Crippen LogP contribution in [-0.2, 0) is 9.53 Å². The van der Waals surface area contributed by atoms with E-state index in [1.165, 1.54) is 19.3 Å². The van der Waals surface area contributed by atoms with Gasteiger partial charge in [0.1, 0.15) is 5.60 Å². The van der Waals surface area contributed by atoms with Crippen LogP contribution in [-0.4, -0.2) is 59.9 Å². The summed E-state index contributed by atoms with van der Waals surface area (Å²) in [6.07, 6.45) is 7.29. The van der Waals surface area contributed by atoms with Crippen LogP contribution in [0.1, 0.15) is 58.8 Å². The first-order valence-electron chi connectivity index (χ1n) is 8.84. The number of morpholine rings is 1. The fraction of sp³-hybridized carbons (Fsp3) is 0.941. The van der Waals surface area contributed by atoms with Gasteiger partial charge in [-0.2, -0.15) is 0 Å². The molecule has 5 nitrogen and oxygen atoms in total. The number of carbonyl (C=O) groups is 1. The van der Waals surface area contributed by atoms with Crippen LogP contribution < -0.4 is 5.32 Å². The molecule has 5 heteroatoms. The largest absolute Gasteiger partial charge is 0.380 e. The first kappa shape index (κ1) is 17.7. The monoisotopic (exact) mass is 312 g/mol. The van der Waals surface area contributed by atoms with Crippen molar-refractivity contribution in [1.29, 1.82) is 0 Å². The maximum absolute atomic E-state index is 12.3. The molecule has 1 amide bonds. The average Bonchev–Trinajstić information content (AvgIpc) is 2.54. The summed E-state index contributed by atoms with van der Waals surface area (Å²) < 4.78 is 5.48. The molecule has 128 valence electrons. The van der Waals surface area contributed by atoms with Crippen LogP contribution in [0.4, 0.5) is 0 Å². The Kier molecular flexibility index (Phi) is 6.24. The predicted octanol–water partition coefficient (Wildman–Crippen LogP) is 1.69. The fourth-order valence-electron chi connectivity index (χ4n) is 3.89. The van der Waals surface area contributed by atoms with E-state index in [2.05, 4.69) is 10.2 Å². The molecular formula is C17H32N2O3. The van der Waals surface area contributed by atoms with Crippen molar-refractivity contribution < 1.29 is 14.6 Å². The van der Waals surface area contributed by atoms with Crippen LogP contribution in [0.15, 0.2) is 0 Å². The number of aliphatic hydroxyl groups is 1. The quantitative estimate of drug-likeness (QED) is 0.783. The molecule has 0 radical (unpaired) electrons. The fourth-order valence-corrected chi connectivity index (χ4v) is 3.89. The second-order valence-corrected chi connectivity index (χ2v) is 7.09. The van der Waals surface area contributed by atoms with Gasteiger partial charge in [0, 0.05) is 25.2 Å². The maximum atomic E-state index is 12.3. The number of ether oxygens (including phenoxy) is 1. The summed E-state index contributed by atoms with van der Waals surface area (Å²) in [4.78, 5) is 14.8. The minimum atomic E-state index is -1.25. The number of hydrogen-bond donors (Lipinski definition) is 2. The first-order chi connectivity index (χ1) is 10.5. The van der Waals surface area contributed by atoms with Crippen molar-refractivity contribution in [2.24, 2.45) is 0 Å². The lowest BCUT2D eigenvalue weighted by Gasteiger charge is -2.48. The molecule has 0 aromatic carbocycles. The van der Waals surface area contributed by atoms with Gasteiger partial charge in [0.05, 0.1) is 13.2 Å². The van der Waals surface area contributed by atoms with E-state index >= 15 is 0 Å². The predicted molar refractivity (Wildman–Crippen MR) is 86.7 cm³/mol. The van der Waals surface area contributed by atoms with Gasteiger partial charge >= 0.3 is 0 Å². The minimum Gasteiger partial charge on any atom is -0.380 e. The average molecular weight is 312 g/mol. The Balaban J connectivity index is 1.99. The molecule has 1 aliphatic heterocycles. The lowest BCUT2D eigenvalue weighted by Crippen LogP contribution is -2.61. The molecule has 1 heterocycles. The standard InChI is InChI=1S/C17H32N2O3/c1-3-7-16(2,21)15(20)18-14-17(8-5-4-6-9-17)19-10-12-22-13-11-19/h21H,3-14H2,1-2H3,(H,18,20). The van der Waals surface area contributed by atoms with Crippen molar-refractivity contribution in [3.8, 4) is 0 Å². The number of amides is 1. The summed E-state index contributed by atoms with van der Waals surface area (Å²) in [6, 6.07) is 0. The highest BCUT2D eigenvalue weighted by Crippen LogP contribution is 2.34. The van der Waals surface area contributed by atoms with Gasteiger partial charge in [-0.05, 0) is 26.2 Å². The van der Waals surface area contributed by atoms with Gasteiger partial charge in [-0.3, -0.25) is 9.69 Å². The van der Waals surface area contributed by atoms with Crippen molar-refractivity contribution in [3.63, 3.8) is 0 Å². The molecule has 0 spiro atoms. The zero-order chi connectivity index (χ0) is 16.1. The molecule has 1 atom stereocenters. The third-order valence-electron chi connectivity index (χ3n) is 5.27. The van der Waals surface area contributed by atoms with E-state index in [4.69, 9.17) is 4.74 Å². The van der Waals surface area contributed by atoms with Crippen LogP contribution in [0.2, 0.25) is 0 Å². The van der Waals surface area contributed by atoms with Gasteiger partial charge in [-0.15, -0.1) is 0 Å². The summed E-state index contributed by atoms with van der Waals surface area (Å²) in [7, 11) is 0. The maximum Gasteiger partial charge on any atom is 0.251 e. The molecule has 1 saturated heterocycles. The topological polar surface area (TPSA) is 61.8 Å². The van der Waals surface area contributed by atoms with Gasteiger partial charge in [0.2, 0.25) is 0 Å². The Morgan fingerprint density at radius 3 is 2.50 bits per heavy atom. The molecule has 0 aromatic rings. The Morgan fingerprint density at radius 1 is 1.27 bits per heavy atom. The smallest absolute Gasteiger partial charge is 0.251 e. The van der Waals surface area contributed by atoms with Gasteiger partial charge in [0.15, 0.2) is 0 Å². The molecule has 2 rings (SSSR count). The molecule has 1 aliphatic carbocycles. The molecule has 0 bridgehead atoms. The first-order valence-corrected chi connectivity index (χ1v) is 8.84. The van der Waals surface area contributed by atoms with E-state index in [1.54, 1.807) is 6.92 Å². The highest BCUT2D eigenvalue weighted by atomic mass is 16.5. The van der Waals surface area contributed by atoms with Crippen LogP contribution in [0, 0.1) is 0 Å². The van der Waals surface area contributed by atoms with Crippen LogP contribution in [0.3, 0.4) is 0 Å². The van der Waals surface area contributed by atoms with E-state index < -0.39 is 5.60 Å². The molecule has 22 heavy (non-hydrogen) atoms. The molecule has 2 fully saturated rings. The molecule has 2 N–H and O–H groups in total. The summed E-state index contributed by atoms with van der Waals surface area (Å²) in [5, 5.41) is 13.3. The van der Waals surface area contributed by atoms with Gasteiger partial charge in [0.25, 0.3) is 5.91 Å². The summed E-state index contributed by atoms with van der Waals surface area (Å²) in [6.45, 7) is 7.70. The van der Waals surface area contributed by atoms with Crippen LogP contribution in [0.25, 0.3) is 0 Å². The van der Waals surface area contributed by atoms with Crippen molar-refractivity contribution in [3.05, 3.63) is 0 Å². The Hall–Kier alpha value is -0.650. The van der Waals surface area contributed by atoms with E-state index in [9.17, 15) is 9.90 Å². The highest BCUT2D eigenvalue weighted by Gasteiger charge is 2.40. The highest BCUT2D eigenvalue weighted by molar-refractivity contribution is 5.84. The second-order valence-electron chi connectivity index (χ2n) is 7.09. The third-order valence-corrected chi connectivity index (χ3v) is 5.27. The minimum absolute atomic E-state index is 0.0555. The Morgan fingerprint density at radius 2 is 1.91 bits per heavy atom. The van der Waals surface area contributed by atoms with E-state index in [0.29, 0.717) is 13.0 Å². The second kappa shape index (κ2) is 7.75. The molecule has 2 aliphatic rings. The van der Waals surface area contributed by atoms with Crippen molar-refractivity contribution in [2.75, 3.05) is 32.8 Å². The number of nitrogens with one attached hydrogen (secondary N) is 1. The summed E-state index contributed by atoms with van der Waals surface area (Å²) in [5.74, 6) is -0.229. The van der Waals surface area contributed by atoms with E-state index in [-0.39, 0.29) is 11.4 Å². The van der Waals surface area contributed by atoms with Crippen molar-refractivity contribution in [2.45, 2.75) is 69.9 Å². The zero-order valence-corrected chi connectivity index (χ0v) is 14.2. The van der Waals surface area contributed by atoms with Crippen LogP contribution in [0.5, 0.6) is 0 Å². The Labute approximate surface area is 134 Å². The molecule has 1 saturated carbocycles. The van der Waals surface area contributed by atoms with Crippen molar-refractivity contribution in [1.82, 2.24) is 10.2 Å². The molecular weight excluding hydrogens is 280 g/mol. The molecule has 0 aromatic heterocycles. The SMILES string of the molecule is CCCC(C)(O)C(=O)NCC1(N2CCOCC2)CCCCC1. The number of rotatable bonds is 6. The summed E-state index contributed by atoms with van der Waals surface area (Å²) >= 11 is 0. The third kappa shape index (κ3) is 4.21. The molecule has 1 unspecified atom stereocenters. The normalized spacial score (nSPS) is 25.4. The van der Waals surface area contributed by atoms with Crippen molar-refractivity contribution >= 4 is 5.91 Å². The summed E-state index contributed by atoms with van der Waals surface area (Å²) in [5.41, 5.74) is -1.20. The van der Waals surface area contributed by atoms with Crippen LogP contribution >= 0.6 is 0 Å². The zero-order valence-electron chi connectivity index (χ0n) is 14.2. The van der Waals surface area contributed by atoms with Gasteiger partial charge in [-0.1, -0.05) is 32.6 Å². The van der Waals surface area contributed by atoms with E-state index in [1.807, 2.05) is 6.92 Å². The number of hydrogen-bond acceptors (Lipinski definition) is 4. The van der Waals surface area contributed by atoms with E-state index in [0.717, 1.165) is 45.6 Å². The van der Waals surface area contributed by atoms with Gasteiger partial charge in [-0.25, -0.2) is 0 Å². The van der Waals surface area contributed by atoms with Gasteiger partial charge < -0.3 is 15.2 Å². The lowest BCUT2D eigenvalue weighted by atomic mass is 9.79.